The molecule has 0 saturated carbocycles. The van der Waals surface area contributed by atoms with E-state index in [1.807, 2.05) is 76.2 Å². The van der Waals surface area contributed by atoms with Crippen LogP contribution in [0.15, 0.2) is 66.4 Å². The number of aromatic amines is 1. The molecule has 0 bridgehead atoms. The predicted octanol–water partition coefficient (Wildman–Crippen LogP) is 3.97. The molecule has 0 aliphatic carbocycles. The first kappa shape index (κ1) is 25.1. The summed E-state index contributed by atoms with van der Waals surface area (Å²) >= 11 is 0. The van der Waals surface area contributed by atoms with Gasteiger partial charge in [0.1, 0.15) is 30.0 Å². The van der Waals surface area contributed by atoms with Gasteiger partial charge in [-0.3, -0.25) is 9.59 Å². The van der Waals surface area contributed by atoms with Gasteiger partial charge in [-0.2, -0.15) is 0 Å². The van der Waals surface area contributed by atoms with Gasteiger partial charge < -0.3 is 30.3 Å². The number of carbonyl (C=O) groups excluding carboxylic acids is 2. The lowest BCUT2D eigenvalue weighted by atomic mass is 9.81. The topological polar surface area (TPSA) is 109 Å². The van der Waals surface area contributed by atoms with Crippen LogP contribution in [0.25, 0.3) is 10.9 Å². The van der Waals surface area contributed by atoms with E-state index in [4.69, 9.17) is 0 Å². The number of amides is 2. The van der Waals surface area contributed by atoms with Crippen molar-refractivity contribution in [1.29, 1.82) is 0 Å². The van der Waals surface area contributed by atoms with Crippen LogP contribution in [0, 0.1) is 0 Å². The van der Waals surface area contributed by atoms with E-state index in [0.717, 1.165) is 27.8 Å². The molecule has 4 aliphatic heterocycles. The Labute approximate surface area is 233 Å². The number of para-hydroxylation sites is 2. The van der Waals surface area contributed by atoms with Crippen molar-refractivity contribution in [3.05, 3.63) is 88.8 Å². The molecule has 2 fully saturated rings. The highest BCUT2D eigenvalue weighted by Gasteiger charge is 2.65. The zero-order valence-electron chi connectivity index (χ0n) is 23.1. The van der Waals surface area contributed by atoms with E-state index in [-0.39, 0.29) is 18.2 Å². The maximum Gasteiger partial charge on any atom is 0.251 e. The number of fused-ring (bicyclic) bond motifs is 9. The number of aromatic nitrogens is 1. The Morgan fingerprint density at radius 1 is 1.10 bits per heavy atom. The summed E-state index contributed by atoms with van der Waals surface area (Å²) in [6.07, 6.45) is 4.40. The molecule has 2 amide bonds. The van der Waals surface area contributed by atoms with E-state index >= 15 is 0 Å². The van der Waals surface area contributed by atoms with Crippen LogP contribution in [-0.4, -0.2) is 55.1 Å². The molecule has 2 saturated heterocycles. The van der Waals surface area contributed by atoms with Crippen LogP contribution in [0.2, 0.25) is 0 Å². The van der Waals surface area contributed by atoms with Gasteiger partial charge in [0.15, 0.2) is 0 Å². The van der Waals surface area contributed by atoms with Gasteiger partial charge in [0, 0.05) is 51.4 Å². The number of hydrogen-bond donors (Lipinski definition) is 4. The molecule has 206 valence electrons. The van der Waals surface area contributed by atoms with Crippen molar-refractivity contribution in [3.63, 3.8) is 0 Å². The molecule has 2 aromatic carbocycles. The van der Waals surface area contributed by atoms with Crippen LogP contribution in [0.3, 0.4) is 0 Å². The minimum Gasteiger partial charge on any atom is -0.386 e. The number of nitrogens with zero attached hydrogens (tertiary/aromatic N) is 2. The van der Waals surface area contributed by atoms with Crippen molar-refractivity contribution < 1.29 is 19.8 Å². The summed E-state index contributed by atoms with van der Waals surface area (Å²) in [5.74, 6) is -0.685. The predicted molar refractivity (Wildman–Crippen MR) is 152 cm³/mol. The molecule has 1 aromatic heterocycles. The Hall–Kier alpha value is -3.88. The Bertz CT molecular complexity index is 1650. The van der Waals surface area contributed by atoms with Crippen molar-refractivity contribution in [2.45, 2.75) is 75.9 Å². The molecule has 3 aromatic rings. The number of benzene rings is 2. The van der Waals surface area contributed by atoms with Gasteiger partial charge in [0.25, 0.3) is 5.91 Å². The number of piperazine rings is 1. The highest BCUT2D eigenvalue weighted by molar-refractivity contribution is 6.00. The van der Waals surface area contributed by atoms with Crippen molar-refractivity contribution in [3.8, 4) is 0 Å². The molecule has 4 N–H and O–H groups in total. The van der Waals surface area contributed by atoms with Gasteiger partial charge in [-0.05, 0) is 31.9 Å². The number of hydrogen-bond acceptors (Lipinski definition) is 5. The number of nitrogens with one attached hydrogen (secondary N) is 2. The molecule has 5 unspecified atom stereocenters. The zero-order chi connectivity index (χ0) is 28.1. The molecule has 7 rings (SSSR count). The van der Waals surface area contributed by atoms with Gasteiger partial charge in [-0.1, -0.05) is 68.0 Å². The fourth-order valence-electron chi connectivity index (χ4n) is 7.12. The molecule has 0 radical (unpaired) electrons. The fourth-order valence-corrected chi connectivity index (χ4v) is 7.12. The Morgan fingerprint density at radius 3 is 2.65 bits per heavy atom. The normalized spacial score (nSPS) is 29.6. The second-order valence-corrected chi connectivity index (χ2v) is 12.4. The zero-order valence-corrected chi connectivity index (χ0v) is 23.1. The molecule has 5 atom stereocenters. The number of anilines is 1. The Morgan fingerprint density at radius 2 is 1.88 bits per heavy atom. The molecule has 0 spiro atoms. The van der Waals surface area contributed by atoms with Gasteiger partial charge in [0.05, 0.1) is 0 Å². The summed E-state index contributed by atoms with van der Waals surface area (Å²) in [6.45, 7) is 8.12. The first-order valence-corrected chi connectivity index (χ1v) is 13.9. The number of aliphatic hydroxyl groups excluding tert-OH is 1. The first-order chi connectivity index (χ1) is 19.0. The lowest BCUT2D eigenvalue weighted by molar-refractivity contribution is -0.163. The van der Waals surface area contributed by atoms with Gasteiger partial charge in [-0.15, -0.1) is 0 Å². The van der Waals surface area contributed by atoms with E-state index in [0.29, 0.717) is 17.5 Å². The van der Waals surface area contributed by atoms with Crippen molar-refractivity contribution in [2.75, 3.05) is 5.32 Å². The van der Waals surface area contributed by atoms with E-state index < -0.39 is 35.4 Å². The summed E-state index contributed by atoms with van der Waals surface area (Å²) in [4.78, 5) is 34.8. The number of carbonyl (C=O) groups is 2. The quantitative estimate of drug-likeness (QED) is 0.370. The molecule has 8 heteroatoms. The lowest BCUT2D eigenvalue weighted by Gasteiger charge is -2.45. The van der Waals surface area contributed by atoms with E-state index in [1.165, 1.54) is 15.4 Å². The van der Waals surface area contributed by atoms with Crippen molar-refractivity contribution in [2.24, 2.45) is 0 Å². The van der Waals surface area contributed by atoms with Crippen LogP contribution in [0.4, 0.5) is 5.69 Å². The third-order valence-electron chi connectivity index (χ3n) is 9.18. The van der Waals surface area contributed by atoms with Crippen LogP contribution < -0.4 is 5.32 Å². The second kappa shape index (κ2) is 8.32. The van der Waals surface area contributed by atoms with Crippen LogP contribution in [0.5, 0.6) is 0 Å². The molecular weight excluding hydrogens is 504 g/mol. The lowest BCUT2D eigenvalue weighted by Crippen LogP contribution is -2.65. The van der Waals surface area contributed by atoms with Gasteiger partial charge in [0.2, 0.25) is 5.91 Å². The van der Waals surface area contributed by atoms with Crippen molar-refractivity contribution in [1.82, 2.24) is 14.8 Å². The maximum atomic E-state index is 14.4. The van der Waals surface area contributed by atoms with Crippen LogP contribution in [0.1, 0.15) is 62.6 Å². The standard InChI is InChI=1S/C32H34N4O4/c1-17(2)12-13-18-8-7-10-20-24(18)34-30-32(20,40)16-22-28(38)35-15-14-31(3,4)27-23(19-9-5-6-11-21(19)33-27)26(37)25(35)29(39)36(22)30/h5-12,14-15,22,25-26,30,33-34,37,40H,13,16H2,1-4H3. The highest BCUT2D eigenvalue weighted by Crippen LogP contribution is 2.53. The smallest absolute Gasteiger partial charge is 0.251 e. The number of H-pyrrole nitrogens is 1. The molecule has 8 nitrogen and oxygen atoms in total. The van der Waals surface area contributed by atoms with Gasteiger partial charge in [-0.25, -0.2) is 0 Å². The largest absolute Gasteiger partial charge is 0.386 e. The molecular formula is C32H34N4O4. The van der Waals surface area contributed by atoms with Gasteiger partial charge >= 0.3 is 0 Å². The average Bonchev–Trinajstić information content (AvgIpc) is 3.54. The minimum atomic E-state index is -1.42. The summed E-state index contributed by atoms with van der Waals surface area (Å²) in [7, 11) is 0. The third kappa shape index (κ3) is 3.26. The summed E-state index contributed by atoms with van der Waals surface area (Å²) in [5, 5.41) is 28.3. The monoisotopic (exact) mass is 538 g/mol. The first-order valence-electron chi connectivity index (χ1n) is 13.9. The Kier molecular flexibility index (Phi) is 5.22. The van der Waals surface area contributed by atoms with E-state index in [1.54, 1.807) is 6.20 Å². The number of allylic oxidation sites excluding steroid dienone is 3. The van der Waals surface area contributed by atoms with Crippen LogP contribution >= 0.6 is 0 Å². The SMILES string of the molecule is CC(C)=CCc1cccc2c1NC1N3C(=O)C4C(O)c5c([nH]c6ccccc56)C(C)(C)C=CN4C(=O)C3CC21O. The molecule has 5 heterocycles. The summed E-state index contributed by atoms with van der Waals surface area (Å²) in [6, 6.07) is 11.5. The number of aliphatic hydroxyl groups is 2. The Balaban J connectivity index is 1.34. The second-order valence-electron chi connectivity index (χ2n) is 12.4. The van der Waals surface area contributed by atoms with E-state index in [9.17, 15) is 19.8 Å². The average molecular weight is 539 g/mol. The van der Waals surface area contributed by atoms with E-state index in [2.05, 4.69) is 16.4 Å². The summed E-state index contributed by atoms with van der Waals surface area (Å²) < 4.78 is 0. The third-order valence-corrected chi connectivity index (χ3v) is 9.18. The number of rotatable bonds is 2. The molecule has 40 heavy (non-hydrogen) atoms. The summed E-state index contributed by atoms with van der Waals surface area (Å²) in [5.41, 5.74) is 4.07. The fraction of sp³-hybridized carbons (Fsp3) is 0.375. The van der Waals surface area contributed by atoms with Crippen LogP contribution in [-0.2, 0) is 27.0 Å². The molecule has 4 aliphatic rings. The van der Waals surface area contributed by atoms with Crippen molar-refractivity contribution >= 4 is 28.4 Å². The maximum absolute atomic E-state index is 14.4. The minimum absolute atomic E-state index is 0.0865. The highest BCUT2D eigenvalue weighted by atomic mass is 16.3.